The fourth-order valence-corrected chi connectivity index (χ4v) is 4.56. The third kappa shape index (κ3) is 2.04. The van der Waals surface area contributed by atoms with Crippen molar-refractivity contribution in [3.8, 4) is 0 Å². The molecule has 0 amide bonds. The van der Waals surface area contributed by atoms with Gasteiger partial charge in [0.25, 0.3) is 0 Å². The van der Waals surface area contributed by atoms with Crippen LogP contribution in [0.3, 0.4) is 0 Å². The molecule has 0 bridgehead atoms. The maximum atomic E-state index is 12.6. The van der Waals surface area contributed by atoms with Crippen LogP contribution >= 0.6 is 0 Å². The third-order valence-corrected chi connectivity index (χ3v) is 5.82. The minimum atomic E-state index is -3.48. The van der Waals surface area contributed by atoms with Gasteiger partial charge in [-0.3, -0.25) is 4.79 Å². The lowest BCUT2D eigenvalue weighted by molar-refractivity contribution is -0.120. The second-order valence-corrected chi connectivity index (χ2v) is 7.36. The first-order chi connectivity index (χ1) is 9.50. The summed E-state index contributed by atoms with van der Waals surface area (Å²) in [4.78, 5) is 12.5. The van der Waals surface area contributed by atoms with Crippen LogP contribution in [-0.4, -0.2) is 14.2 Å². The smallest absolute Gasteiger partial charge is 0.206 e. The molecule has 2 unspecified atom stereocenters. The number of carbonyl (C=O) groups is 1. The first kappa shape index (κ1) is 13.3. The number of sulfone groups is 1. The molecule has 1 aromatic rings. The highest BCUT2D eigenvalue weighted by Crippen LogP contribution is 2.40. The van der Waals surface area contributed by atoms with Crippen molar-refractivity contribution in [3.63, 3.8) is 0 Å². The van der Waals surface area contributed by atoms with Crippen molar-refractivity contribution in [2.75, 3.05) is 0 Å². The van der Waals surface area contributed by atoms with Crippen molar-refractivity contribution < 1.29 is 13.2 Å². The Kier molecular flexibility index (Phi) is 3.13. The molecule has 3 nitrogen and oxygen atoms in total. The summed E-state index contributed by atoms with van der Waals surface area (Å²) in [6.07, 6.45) is 4.65. The van der Waals surface area contributed by atoms with Gasteiger partial charge < -0.3 is 0 Å². The Morgan fingerprint density at radius 3 is 2.50 bits per heavy atom. The topological polar surface area (TPSA) is 51.2 Å². The van der Waals surface area contributed by atoms with Gasteiger partial charge in [-0.15, -0.1) is 0 Å². The van der Waals surface area contributed by atoms with Gasteiger partial charge in [0.1, 0.15) is 5.78 Å². The Bertz CT molecular complexity index is 711. The number of benzene rings is 1. The number of Topliss-reactive ketones (excluding diaryl/α,β-unsaturated/α-hetero) is 1. The first-order valence-corrected chi connectivity index (χ1v) is 8.23. The Balaban J connectivity index is 2.04. The van der Waals surface area contributed by atoms with Crippen molar-refractivity contribution in [1.82, 2.24) is 0 Å². The van der Waals surface area contributed by atoms with Crippen LogP contribution in [0.15, 0.2) is 57.9 Å². The van der Waals surface area contributed by atoms with Gasteiger partial charge in [0, 0.05) is 12.3 Å². The molecule has 0 heterocycles. The molecule has 20 heavy (non-hydrogen) atoms. The number of hydrogen-bond donors (Lipinski definition) is 0. The standard InChI is InChI=1S/C16H16O3S/c1-11-9-14(10-12-7-8-15(17)16(11)12)20(18,19)13-5-3-2-4-6-13/h2-6,9-11,16H,7-8H2,1H3. The fourth-order valence-electron chi connectivity index (χ4n) is 3.07. The van der Waals surface area contributed by atoms with Crippen LogP contribution < -0.4 is 0 Å². The van der Waals surface area contributed by atoms with Crippen molar-refractivity contribution in [2.24, 2.45) is 11.8 Å². The monoisotopic (exact) mass is 288 g/mol. The third-order valence-electron chi connectivity index (χ3n) is 4.05. The molecular formula is C16H16O3S. The summed E-state index contributed by atoms with van der Waals surface area (Å²) in [6.45, 7) is 1.92. The second kappa shape index (κ2) is 4.70. The van der Waals surface area contributed by atoms with Crippen LogP contribution in [0.25, 0.3) is 0 Å². The minimum Gasteiger partial charge on any atom is -0.299 e. The molecule has 0 aliphatic heterocycles. The molecule has 2 aliphatic rings. The van der Waals surface area contributed by atoms with Crippen molar-refractivity contribution in [2.45, 2.75) is 24.7 Å². The molecule has 1 aromatic carbocycles. The first-order valence-electron chi connectivity index (χ1n) is 6.75. The number of rotatable bonds is 2. The summed E-state index contributed by atoms with van der Waals surface area (Å²) in [5, 5.41) is 0. The van der Waals surface area contributed by atoms with Gasteiger partial charge in [-0.2, -0.15) is 0 Å². The van der Waals surface area contributed by atoms with Crippen molar-refractivity contribution in [3.05, 3.63) is 53.0 Å². The van der Waals surface area contributed by atoms with E-state index in [1.165, 1.54) is 0 Å². The Morgan fingerprint density at radius 1 is 1.10 bits per heavy atom. The largest absolute Gasteiger partial charge is 0.299 e. The quantitative estimate of drug-likeness (QED) is 0.840. The van der Waals surface area contributed by atoms with Crippen LogP contribution in [0.1, 0.15) is 19.8 Å². The molecule has 0 spiro atoms. The molecule has 0 saturated heterocycles. The van der Waals surface area contributed by atoms with Gasteiger partial charge >= 0.3 is 0 Å². The van der Waals surface area contributed by atoms with E-state index < -0.39 is 9.84 Å². The lowest BCUT2D eigenvalue weighted by atomic mass is 9.85. The van der Waals surface area contributed by atoms with E-state index in [0.29, 0.717) is 22.6 Å². The summed E-state index contributed by atoms with van der Waals surface area (Å²) >= 11 is 0. The SMILES string of the molecule is CC1C=C(S(=O)(=O)c2ccccc2)C=C2CCC(=O)C21. The number of fused-ring (bicyclic) bond motifs is 1. The number of ketones is 1. The molecule has 3 rings (SSSR count). The van der Waals surface area contributed by atoms with E-state index in [-0.39, 0.29) is 17.6 Å². The molecule has 0 radical (unpaired) electrons. The average Bonchev–Trinajstić information content (AvgIpc) is 2.82. The summed E-state index contributed by atoms with van der Waals surface area (Å²) in [6, 6.07) is 8.43. The zero-order chi connectivity index (χ0) is 14.3. The maximum Gasteiger partial charge on any atom is 0.206 e. The van der Waals surface area contributed by atoms with E-state index in [9.17, 15) is 13.2 Å². The predicted molar refractivity (Wildman–Crippen MR) is 76.7 cm³/mol. The van der Waals surface area contributed by atoms with Crippen LogP contribution in [-0.2, 0) is 14.6 Å². The molecule has 104 valence electrons. The molecule has 1 fully saturated rings. The fraction of sp³-hybridized carbons (Fsp3) is 0.312. The molecular weight excluding hydrogens is 272 g/mol. The lowest BCUT2D eigenvalue weighted by Gasteiger charge is -2.22. The number of carbonyl (C=O) groups excluding carboxylic acids is 1. The highest BCUT2D eigenvalue weighted by atomic mass is 32.2. The zero-order valence-corrected chi connectivity index (χ0v) is 12.1. The van der Waals surface area contributed by atoms with Crippen molar-refractivity contribution >= 4 is 15.6 Å². The number of allylic oxidation sites excluding steroid dienone is 3. The number of hydrogen-bond acceptors (Lipinski definition) is 3. The summed E-state index contributed by atoms with van der Waals surface area (Å²) in [5.74, 6) is 0.0827. The van der Waals surface area contributed by atoms with Crippen LogP contribution in [0.2, 0.25) is 0 Å². The van der Waals surface area contributed by atoms with E-state index in [2.05, 4.69) is 0 Å². The summed E-state index contributed by atoms with van der Waals surface area (Å²) in [5.41, 5.74) is 0.972. The van der Waals surface area contributed by atoms with E-state index in [4.69, 9.17) is 0 Å². The summed E-state index contributed by atoms with van der Waals surface area (Å²) in [7, 11) is -3.48. The van der Waals surface area contributed by atoms with Gasteiger partial charge in [0.15, 0.2) is 0 Å². The molecule has 4 heteroatoms. The molecule has 2 aliphatic carbocycles. The average molecular weight is 288 g/mol. The highest BCUT2D eigenvalue weighted by Gasteiger charge is 2.37. The van der Waals surface area contributed by atoms with E-state index in [1.807, 2.05) is 6.92 Å². The molecule has 0 N–H and O–H groups in total. The Labute approximate surface area is 118 Å². The van der Waals surface area contributed by atoms with E-state index in [1.54, 1.807) is 42.5 Å². The molecule has 0 aromatic heterocycles. The van der Waals surface area contributed by atoms with E-state index >= 15 is 0 Å². The van der Waals surface area contributed by atoms with Crippen LogP contribution in [0.4, 0.5) is 0 Å². The normalized spacial score (nSPS) is 25.9. The predicted octanol–water partition coefficient (Wildman–Crippen LogP) is 2.90. The van der Waals surface area contributed by atoms with E-state index in [0.717, 1.165) is 5.57 Å². The van der Waals surface area contributed by atoms with Gasteiger partial charge in [0.05, 0.1) is 9.80 Å². The van der Waals surface area contributed by atoms with Gasteiger partial charge in [0.2, 0.25) is 9.84 Å². The minimum absolute atomic E-state index is 0.0431. The lowest BCUT2D eigenvalue weighted by Crippen LogP contribution is -2.21. The molecule has 2 atom stereocenters. The van der Waals surface area contributed by atoms with Crippen LogP contribution in [0, 0.1) is 11.8 Å². The maximum absolute atomic E-state index is 12.6. The van der Waals surface area contributed by atoms with Crippen molar-refractivity contribution in [1.29, 1.82) is 0 Å². The van der Waals surface area contributed by atoms with Crippen LogP contribution in [0.5, 0.6) is 0 Å². The van der Waals surface area contributed by atoms with Gasteiger partial charge in [-0.1, -0.05) is 36.8 Å². The zero-order valence-electron chi connectivity index (χ0n) is 11.2. The molecule has 1 saturated carbocycles. The summed E-state index contributed by atoms with van der Waals surface area (Å²) < 4.78 is 25.2. The van der Waals surface area contributed by atoms with Gasteiger partial charge in [-0.25, -0.2) is 8.42 Å². The van der Waals surface area contributed by atoms with Gasteiger partial charge in [-0.05, 0) is 30.5 Å². The Hall–Kier alpha value is -1.68. The second-order valence-electron chi connectivity index (χ2n) is 5.41. The Morgan fingerprint density at radius 2 is 1.80 bits per heavy atom. The highest BCUT2D eigenvalue weighted by molar-refractivity contribution is 7.95.